The lowest BCUT2D eigenvalue weighted by molar-refractivity contribution is -0.144. The minimum absolute atomic E-state index is 0.127. The third-order valence-corrected chi connectivity index (χ3v) is 5.66. The molecule has 0 heterocycles. The van der Waals surface area contributed by atoms with Crippen LogP contribution in [0, 0.1) is 29.6 Å². The van der Waals surface area contributed by atoms with Crippen LogP contribution in [0.25, 0.3) is 0 Å². The van der Waals surface area contributed by atoms with E-state index in [9.17, 15) is 9.59 Å². The largest absolute Gasteiger partial charge is 0.465 e. The molecule has 1 fully saturated rings. The zero-order valence-corrected chi connectivity index (χ0v) is 18.9. The molecule has 0 bridgehead atoms. The normalized spacial score (nSPS) is 21.9. The Labute approximate surface area is 186 Å². The first-order valence-electron chi connectivity index (χ1n) is 11.6. The SMILES string of the molecule is CC(=O)CCOCCOCCOCCOCCCC(=O)OCC1C2CCC#CCCC21. The first-order valence-corrected chi connectivity index (χ1v) is 11.6. The highest BCUT2D eigenvalue weighted by atomic mass is 16.6. The summed E-state index contributed by atoms with van der Waals surface area (Å²) < 4.78 is 27.0. The van der Waals surface area contributed by atoms with Crippen LogP contribution in [0.3, 0.4) is 0 Å². The van der Waals surface area contributed by atoms with Crippen molar-refractivity contribution >= 4 is 11.8 Å². The molecule has 0 amide bonds. The fourth-order valence-electron chi connectivity index (χ4n) is 3.84. The molecule has 2 unspecified atom stereocenters. The molecule has 0 aromatic heterocycles. The van der Waals surface area contributed by atoms with Crippen molar-refractivity contribution in [1.29, 1.82) is 0 Å². The third kappa shape index (κ3) is 12.2. The number of ketones is 1. The van der Waals surface area contributed by atoms with Crippen molar-refractivity contribution in [1.82, 2.24) is 0 Å². The Morgan fingerprint density at radius 2 is 1.26 bits per heavy atom. The summed E-state index contributed by atoms with van der Waals surface area (Å²) in [5.74, 6) is 8.37. The minimum Gasteiger partial charge on any atom is -0.465 e. The van der Waals surface area contributed by atoms with E-state index in [2.05, 4.69) is 11.8 Å². The molecule has 0 aromatic rings. The molecule has 176 valence electrons. The number of Topliss-reactive ketones (excluding diaryl/α,β-unsaturated/α-hetero) is 1. The maximum absolute atomic E-state index is 11.9. The predicted molar refractivity (Wildman–Crippen MR) is 115 cm³/mol. The number of rotatable bonds is 18. The Morgan fingerprint density at radius 1 is 0.742 bits per heavy atom. The highest BCUT2D eigenvalue weighted by molar-refractivity contribution is 5.75. The lowest BCUT2D eigenvalue weighted by Gasteiger charge is -2.07. The molecule has 0 spiro atoms. The number of hydrogen-bond acceptors (Lipinski definition) is 7. The molecule has 0 radical (unpaired) electrons. The number of esters is 1. The first kappa shape index (κ1) is 25.8. The zero-order chi connectivity index (χ0) is 22.2. The van der Waals surface area contributed by atoms with E-state index in [1.165, 1.54) is 0 Å². The molecular weight excluding hydrogens is 400 g/mol. The molecule has 0 aliphatic heterocycles. The molecule has 0 N–H and O–H groups in total. The number of hydrogen-bond donors (Lipinski definition) is 0. The quantitative estimate of drug-likeness (QED) is 0.185. The van der Waals surface area contributed by atoms with E-state index in [4.69, 9.17) is 23.7 Å². The predicted octanol–water partition coefficient (Wildman–Crippen LogP) is 2.79. The molecule has 2 atom stereocenters. The van der Waals surface area contributed by atoms with Crippen LogP contribution in [-0.4, -0.2) is 71.2 Å². The molecule has 0 aromatic carbocycles. The van der Waals surface area contributed by atoms with Crippen molar-refractivity contribution in [2.24, 2.45) is 17.8 Å². The second kappa shape index (κ2) is 16.2. The average molecular weight is 439 g/mol. The van der Waals surface area contributed by atoms with Gasteiger partial charge < -0.3 is 23.7 Å². The van der Waals surface area contributed by atoms with Gasteiger partial charge in [0.15, 0.2) is 0 Å². The van der Waals surface area contributed by atoms with Crippen LogP contribution in [0.5, 0.6) is 0 Å². The summed E-state index contributed by atoms with van der Waals surface area (Å²) in [5, 5.41) is 0. The highest BCUT2D eigenvalue weighted by Gasteiger charge is 2.49. The van der Waals surface area contributed by atoms with Crippen molar-refractivity contribution in [3.8, 4) is 11.8 Å². The van der Waals surface area contributed by atoms with Crippen LogP contribution >= 0.6 is 0 Å². The van der Waals surface area contributed by atoms with Crippen molar-refractivity contribution in [2.75, 3.05) is 59.5 Å². The Morgan fingerprint density at radius 3 is 1.81 bits per heavy atom. The van der Waals surface area contributed by atoms with Gasteiger partial charge in [0.1, 0.15) is 5.78 Å². The van der Waals surface area contributed by atoms with Crippen molar-refractivity contribution in [3.63, 3.8) is 0 Å². The van der Waals surface area contributed by atoms with Crippen LogP contribution in [0.15, 0.2) is 0 Å². The maximum Gasteiger partial charge on any atom is 0.305 e. The topological polar surface area (TPSA) is 80.3 Å². The standard InChI is InChI=1S/C24H38O7/c1-20(25)10-12-28-14-16-30-18-17-29-15-13-27-11-6-9-24(26)31-19-23-21-7-4-2-3-5-8-22(21)23/h21-23H,4-19H2,1H3. The average Bonchev–Trinajstić information content (AvgIpc) is 3.38. The van der Waals surface area contributed by atoms with E-state index in [1.807, 2.05) is 0 Å². The molecule has 2 aliphatic rings. The van der Waals surface area contributed by atoms with Crippen LogP contribution in [0.4, 0.5) is 0 Å². The van der Waals surface area contributed by atoms with Crippen LogP contribution < -0.4 is 0 Å². The fraction of sp³-hybridized carbons (Fsp3) is 0.833. The zero-order valence-electron chi connectivity index (χ0n) is 18.9. The smallest absolute Gasteiger partial charge is 0.305 e. The Bertz CT molecular complexity index is 562. The van der Waals surface area contributed by atoms with Crippen molar-refractivity contribution < 1.29 is 33.3 Å². The maximum atomic E-state index is 11.9. The molecule has 1 saturated carbocycles. The van der Waals surface area contributed by atoms with Crippen molar-refractivity contribution in [3.05, 3.63) is 0 Å². The highest BCUT2D eigenvalue weighted by Crippen LogP contribution is 2.52. The second-order valence-electron chi connectivity index (χ2n) is 8.11. The molecule has 7 heteroatoms. The van der Waals surface area contributed by atoms with E-state index in [0.717, 1.165) is 25.7 Å². The molecule has 31 heavy (non-hydrogen) atoms. The summed E-state index contributed by atoms with van der Waals surface area (Å²) in [6.07, 6.45) is 5.78. The Balaban J connectivity index is 1.29. The summed E-state index contributed by atoms with van der Waals surface area (Å²) in [5.41, 5.74) is 0. The summed E-state index contributed by atoms with van der Waals surface area (Å²) in [6.45, 7) is 6.05. The Hall–Kier alpha value is -1.46. The first-order chi connectivity index (χ1) is 15.2. The second-order valence-corrected chi connectivity index (χ2v) is 8.11. The lowest BCUT2D eigenvalue weighted by Crippen LogP contribution is -2.13. The van der Waals surface area contributed by atoms with Crippen LogP contribution in [0.1, 0.15) is 51.9 Å². The van der Waals surface area contributed by atoms with Gasteiger partial charge >= 0.3 is 5.97 Å². The Kier molecular flexibility index (Phi) is 13.5. The van der Waals surface area contributed by atoms with Crippen LogP contribution in [-0.2, 0) is 33.3 Å². The van der Waals surface area contributed by atoms with Gasteiger partial charge in [-0.25, -0.2) is 0 Å². The van der Waals surface area contributed by atoms with E-state index < -0.39 is 0 Å². The summed E-state index contributed by atoms with van der Waals surface area (Å²) >= 11 is 0. The molecule has 7 nitrogen and oxygen atoms in total. The van der Waals surface area contributed by atoms with Gasteiger partial charge in [-0.1, -0.05) is 0 Å². The molecule has 2 aliphatic carbocycles. The van der Waals surface area contributed by atoms with E-state index in [0.29, 0.717) is 96.5 Å². The van der Waals surface area contributed by atoms with Gasteiger partial charge in [0.2, 0.25) is 0 Å². The molecule has 0 saturated heterocycles. The molecular formula is C24H38O7. The van der Waals surface area contributed by atoms with Gasteiger partial charge in [0.25, 0.3) is 0 Å². The number of ether oxygens (including phenoxy) is 5. The lowest BCUT2D eigenvalue weighted by atomic mass is 10.1. The van der Waals surface area contributed by atoms with Gasteiger partial charge in [-0.2, -0.15) is 0 Å². The fourth-order valence-corrected chi connectivity index (χ4v) is 3.84. The number of carbonyl (C=O) groups excluding carboxylic acids is 2. The van der Waals surface area contributed by atoms with E-state index in [1.54, 1.807) is 6.92 Å². The van der Waals surface area contributed by atoms with Gasteiger partial charge in [0, 0.05) is 32.3 Å². The van der Waals surface area contributed by atoms with Crippen LogP contribution in [0.2, 0.25) is 0 Å². The van der Waals surface area contributed by atoms with Gasteiger partial charge in [-0.15, -0.1) is 11.8 Å². The third-order valence-electron chi connectivity index (χ3n) is 5.66. The molecule has 2 rings (SSSR count). The summed E-state index contributed by atoms with van der Waals surface area (Å²) in [4.78, 5) is 22.6. The van der Waals surface area contributed by atoms with E-state index >= 15 is 0 Å². The minimum atomic E-state index is -0.127. The van der Waals surface area contributed by atoms with E-state index in [-0.39, 0.29) is 11.8 Å². The number of carbonyl (C=O) groups is 2. The summed E-state index contributed by atoms with van der Waals surface area (Å²) in [6, 6.07) is 0. The monoisotopic (exact) mass is 438 g/mol. The number of fused-ring (bicyclic) bond motifs is 1. The van der Waals surface area contributed by atoms with Gasteiger partial charge in [-0.05, 0) is 43.9 Å². The van der Waals surface area contributed by atoms with Gasteiger partial charge in [0.05, 0.1) is 52.9 Å². The summed E-state index contributed by atoms with van der Waals surface area (Å²) in [7, 11) is 0. The van der Waals surface area contributed by atoms with Gasteiger partial charge in [-0.3, -0.25) is 9.59 Å². The van der Waals surface area contributed by atoms with Crippen molar-refractivity contribution in [2.45, 2.75) is 51.9 Å².